The molecule has 46 heavy (non-hydrogen) atoms. The van der Waals surface area contributed by atoms with Crippen LogP contribution < -0.4 is 29.1 Å². The number of nitrogens with zero attached hydrogens (tertiary/aromatic N) is 3. The van der Waals surface area contributed by atoms with Crippen molar-refractivity contribution in [1.82, 2.24) is 9.47 Å². The van der Waals surface area contributed by atoms with Crippen molar-refractivity contribution in [1.29, 1.82) is 0 Å². The van der Waals surface area contributed by atoms with Gasteiger partial charge >= 0.3 is 0 Å². The van der Waals surface area contributed by atoms with Crippen molar-refractivity contribution in [2.24, 2.45) is 4.99 Å². The Kier molecular flexibility index (Phi) is 10.5. The number of rotatable bonds is 10. The summed E-state index contributed by atoms with van der Waals surface area (Å²) in [7, 11) is 3.11. The van der Waals surface area contributed by atoms with Gasteiger partial charge in [0.1, 0.15) is 29.9 Å². The molecule has 4 aromatic rings. The molecule has 0 aliphatic carbocycles. The summed E-state index contributed by atoms with van der Waals surface area (Å²) in [5.41, 5.74) is 2.61. The van der Waals surface area contributed by atoms with E-state index in [1.807, 2.05) is 19.9 Å². The second kappa shape index (κ2) is 14.3. The summed E-state index contributed by atoms with van der Waals surface area (Å²) in [5.74, 6) is 1.38. The molecule has 3 aromatic carbocycles. The van der Waals surface area contributed by atoms with Gasteiger partial charge in [-0.25, -0.2) is 4.99 Å². The molecular formula is C34H32Cl3N3O5S. The topological polar surface area (TPSA) is 82.4 Å². The van der Waals surface area contributed by atoms with E-state index in [4.69, 9.17) is 54.0 Å². The van der Waals surface area contributed by atoms with Crippen LogP contribution in [-0.2, 0) is 11.4 Å². The van der Waals surface area contributed by atoms with Crippen LogP contribution in [0.4, 0.5) is 0 Å². The fourth-order valence-corrected chi connectivity index (χ4v) is 6.86. The van der Waals surface area contributed by atoms with Crippen LogP contribution in [0.25, 0.3) is 6.08 Å². The van der Waals surface area contributed by atoms with E-state index in [0.29, 0.717) is 77.1 Å². The summed E-state index contributed by atoms with van der Waals surface area (Å²) in [6.45, 7) is 6.84. The lowest BCUT2D eigenvalue weighted by Crippen LogP contribution is -2.43. The average Bonchev–Trinajstić information content (AvgIpc) is 3.35. The molecule has 2 heterocycles. The number of carbonyl (C=O) groups is 1. The molecule has 0 bridgehead atoms. The molecular weight excluding hydrogens is 669 g/mol. The lowest BCUT2D eigenvalue weighted by molar-refractivity contribution is -0.127. The molecule has 0 unspecified atom stereocenters. The fraction of sp³-hybridized carbons (Fsp3) is 0.265. The smallest absolute Gasteiger partial charge is 0.271 e. The van der Waals surface area contributed by atoms with Crippen molar-refractivity contribution >= 4 is 58.1 Å². The first-order valence-electron chi connectivity index (χ1n) is 14.5. The Hall–Kier alpha value is -3.76. The summed E-state index contributed by atoms with van der Waals surface area (Å²) in [6.07, 6.45) is 1.73. The lowest BCUT2D eigenvalue weighted by atomic mass is 9.93. The molecule has 0 radical (unpaired) electrons. The highest BCUT2D eigenvalue weighted by Gasteiger charge is 2.36. The molecule has 1 amide bonds. The third-order valence-corrected chi connectivity index (χ3v) is 9.63. The van der Waals surface area contributed by atoms with Gasteiger partial charge in [0.25, 0.3) is 11.5 Å². The second-order valence-corrected chi connectivity index (χ2v) is 12.6. The first-order chi connectivity index (χ1) is 22.1. The Morgan fingerprint density at radius 3 is 2.39 bits per heavy atom. The lowest BCUT2D eigenvalue weighted by Gasteiger charge is -2.30. The van der Waals surface area contributed by atoms with E-state index in [9.17, 15) is 9.59 Å². The van der Waals surface area contributed by atoms with Crippen LogP contribution in [0.3, 0.4) is 0 Å². The number of likely N-dealkylation sites (N-methyl/N-ethyl adjacent to an activating group) is 1. The number of halogens is 3. The third-order valence-electron chi connectivity index (χ3n) is 7.67. The van der Waals surface area contributed by atoms with E-state index >= 15 is 0 Å². The number of carbonyl (C=O) groups excluding carboxylic acids is 1. The number of hydrogen-bond acceptors (Lipinski definition) is 7. The zero-order valence-electron chi connectivity index (χ0n) is 25.9. The third kappa shape index (κ3) is 6.69. The van der Waals surface area contributed by atoms with Gasteiger partial charge < -0.3 is 19.1 Å². The highest BCUT2D eigenvalue weighted by molar-refractivity contribution is 7.07. The van der Waals surface area contributed by atoms with Crippen LogP contribution in [0.2, 0.25) is 15.1 Å². The number of benzene rings is 3. The first kappa shape index (κ1) is 33.6. The van der Waals surface area contributed by atoms with Crippen molar-refractivity contribution < 1.29 is 19.0 Å². The van der Waals surface area contributed by atoms with Gasteiger partial charge in [0, 0.05) is 29.2 Å². The van der Waals surface area contributed by atoms with Crippen LogP contribution in [0.15, 0.2) is 75.7 Å². The van der Waals surface area contributed by atoms with Gasteiger partial charge in [0.05, 0.1) is 40.1 Å². The Labute approximate surface area is 285 Å². The predicted octanol–water partition coefficient (Wildman–Crippen LogP) is 6.66. The zero-order chi connectivity index (χ0) is 33.1. The van der Waals surface area contributed by atoms with E-state index in [1.54, 1.807) is 85.2 Å². The van der Waals surface area contributed by atoms with Crippen LogP contribution >= 0.6 is 46.1 Å². The van der Waals surface area contributed by atoms with Crippen molar-refractivity contribution in [3.8, 4) is 17.2 Å². The Morgan fingerprint density at radius 2 is 1.72 bits per heavy atom. The molecule has 0 saturated heterocycles. The maximum Gasteiger partial charge on any atom is 0.271 e. The van der Waals surface area contributed by atoms with Gasteiger partial charge in [-0.3, -0.25) is 14.2 Å². The quantitative estimate of drug-likeness (QED) is 0.185. The Balaban J connectivity index is 1.67. The minimum atomic E-state index is -0.818. The molecule has 0 spiro atoms. The normalized spacial score (nSPS) is 14.5. The SMILES string of the molecule is CCN(CC)C(=O)C1=C(C)N=c2s/c(=C/c3cc(Cl)ccc3OCc3ccc(Cl)c(Cl)c3)c(=O)n2[C@H]1c1cc(OC)ccc1OC. The Morgan fingerprint density at radius 1 is 0.978 bits per heavy atom. The second-order valence-electron chi connectivity index (χ2n) is 10.4. The van der Waals surface area contributed by atoms with E-state index in [-0.39, 0.29) is 18.1 Å². The van der Waals surface area contributed by atoms with Crippen LogP contribution in [0.5, 0.6) is 17.2 Å². The molecule has 1 aromatic heterocycles. The van der Waals surface area contributed by atoms with E-state index in [1.165, 1.54) is 11.3 Å². The monoisotopic (exact) mass is 699 g/mol. The largest absolute Gasteiger partial charge is 0.497 e. The highest BCUT2D eigenvalue weighted by Crippen LogP contribution is 2.38. The maximum absolute atomic E-state index is 14.3. The average molecular weight is 701 g/mol. The molecule has 0 fully saturated rings. The minimum Gasteiger partial charge on any atom is -0.497 e. The molecule has 0 saturated carbocycles. The molecule has 0 N–H and O–H groups in total. The zero-order valence-corrected chi connectivity index (χ0v) is 29.0. The molecule has 1 atom stereocenters. The molecule has 12 heteroatoms. The van der Waals surface area contributed by atoms with Crippen LogP contribution in [0.1, 0.15) is 43.5 Å². The number of allylic oxidation sites excluding steroid dienone is 1. The van der Waals surface area contributed by atoms with Gasteiger partial charge in [-0.1, -0.05) is 52.2 Å². The number of amides is 1. The van der Waals surface area contributed by atoms with Crippen molar-refractivity contribution in [3.63, 3.8) is 0 Å². The van der Waals surface area contributed by atoms with Crippen LogP contribution in [0, 0.1) is 0 Å². The van der Waals surface area contributed by atoms with Gasteiger partial charge in [0.15, 0.2) is 4.80 Å². The standard InChI is InChI=1S/C34H32Cl3N3O5S/c1-6-39(7-2)33(42)30-19(3)38-34-40(31(30)24-17-23(43-4)10-13-28(24)44-5)32(41)29(46-34)16-21-15-22(35)9-12-27(21)45-18-20-8-11-25(36)26(37)14-20/h8-17,31H,6-7,18H2,1-5H3/b29-16+/t31-/m0/s1. The maximum atomic E-state index is 14.3. The van der Waals surface area contributed by atoms with Gasteiger partial charge in [0.2, 0.25) is 0 Å². The summed E-state index contributed by atoms with van der Waals surface area (Å²) in [5, 5.41) is 1.36. The number of methoxy groups -OCH3 is 2. The number of fused-ring (bicyclic) bond motifs is 1. The molecule has 240 valence electrons. The molecule has 5 rings (SSSR count). The number of thiazole rings is 1. The van der Waals surface area contributed by atoms with E-state index in [2.05, 4.69) is 0 Å². The van der Waals surface area contributed by atoms with E-state index < -0.39 is 6.04 Å². The highest BCUT2D eigenvalue weighted by atomic mass is 35.5. The molecule has 1 aliphatic heterocycles. The van der Waals surface area contributed by atoms with Gasteiger partial charge in [-0.05, 0) is 80.9 Å². The number of aromatic nitrogens is 1. The van der Waals surface area contributed by atoms with Crippen molar-refractivity contribution in [3.05, 3.63) is 117 Å². The number of hydrogen-bond donors (Lipinski definition) is 0. The number of ether oxygens (including phenoxy) is 3. The Bertz CT molecular complexity index is 2020. The molecule has 8 nitrogen and oxygen atoms in total. The fourth-order valence-electron chi connectivity index (χ4n) is 5.32. The summed E-state index contributed by atoms with van der Waals surface area (Å²) < 4.78 is 19.3. The van der Waals surface area contributed by atoms with Crippen LogP contribution in [-0.4, -0.2) is 42.7 Å². The summed E-state index contributed by atoms with van der Waals surface area (Å²) in [6, 6.07) is 15.0. The predicted molar refractivity (Wildman–Crippen MR) is 183 cm³/mol. The minimum absolute atomic E-state index is 0.205. The van der Waals surface area contributed by atoms with Crippen molar-refractivity contribution in [2.45, 2.75) is 33.4 Å². The first-order valence-corrected chi connectivity index (χ1v) is 16.4. The van der Waals surface area contributed by atoms with Crippen molar-refractivity contribution in [2.75, 3.05) is 27.3 Å². The van der Waals surface area contributed by atoms with Gasteiger partial charge in [-0.15, -0.1) is 0 Å². The summed E-state index contributed by atoms with van der Waals surface area (Å²) >= 11 is 19.9. The van der Waals surface area contributed by atoms with Gasteiger partial charge in [-0.2, -0.15) is 0 Å². The molecule has 1 aliphatic rings. The van der Waals surface area contributed by atoms with E-state index in [0.717, 1.165) is 5.56 Å². The summed E-state index contributed by atoms with van der Waals surface area (Å²) in [4.78, 5) is 35.3.